The van der Waals surface area contributed by atoms with E-state index in [-0.39, 0.29) is 0 Å². The lowest BCUT2D eigenvalue weighted by atomic mass is 9.94. The lowest BCUT2D eigenvalue weighted by Crippen LogP contribution is -2.40. The molecule has 1 aliphatic rings. The smallest absolute Gasteiger partial charge is 0.0764 e. The summed E-state index contributed by atoms with van der Waals surface area (Å²) in [6, 6.07) is 3.12. The Morgan fingerprint density at radius 1 is 1.47 bits per heavy atom. The molecule has 0 radical (unpaired) electrons. The molecule has 0 bridgehead atoms. The van der Waals surface area contributed by atoms with Crippen LogP contribution in [0, 0.1) is 0 Å². The largest absolute Gasteiger partial charge is 0.296 e. The van der Waals surface area contributed by atoms with Gasteiger partial charge >= 0.3 is 0 Å². The first kappa shape index (κ1) is 14.9. The molecule has 0 N–H and O–H groups in total. The molecular weight excluding hydrogens is 258 g/mol. The molecule has 3 unspecified atom stereocenters. The van der Waals surface area contributed by atoms with Crippen LogP contribution in [0.15, 0.2) is 12.3 Å². The molecule has 108 valence electrons. The molecule has 3 nitrogen and oxygen atoms in total. The van der Waals surface area contributed by atoms with E-state index >= 15 is 0 Å². The van der Waals surface area contributed by atoms with Crippen LogP contribution in [-0.2, 0) is 6.54 Å². The number of alkyl halides is 1. The Hall–Kier alpha value is -0.540. The van der Waals surface area contributed by atoms with Gasteiger partial charge < -0.3 is 0 Å². The zero-order valence-corrected chi connectivity index (χ0v) is 13.1. The van der Waals surface area contributed by atoms with Gasteiger partial charge in [-0.15, -0.1) is 11.6 Å². The van der Waals surface area contributed by atoms with Crippen molar-refractivity contribution in [1.29, 1.82) is 0 Å². The van der Waals surface area contributed by atoms with Crippen molar-refractivity contribution >= 4 is 11.6 Å². The maximum atomic E-state index is 6.45. The first-order chi connectivity index (χ1) is 9.11. The Balaban J connectivity index is 1.94. The molecule has 1 aromatic rings. The summed E-state index contributed by atoms with van der Waals surface area (Å²) in [4.78, 5) is 2.38. The normalized spacial score (nSPS) is 25.7. The van der Waals surface area contributed by atoms with Gasteiger partial charge in [0, 0.05) is 30.2 Å². The molecule has 19 heavy (non-hydrogen) atoms. The Kier molecular flexibility index (Phi) is 5.28. The number of rotatable bonds is 5. The molecule has 0 aromatic carbocycles. The van der Waals surface area contributed by atoms with E-state index in [9.17, 15) is 0 Å². The van der Waals surface area contributed by atoms with Gasteiger partial charge in [-0.05, 0) is 39.3 Å². The molecular formula is C15H26ClN3. The SMILES string of the molecule is CCC(C)n1ccc(CN(C)C2CCCCC2Cl)n1. The lowest BCUT2D eigenvalue weighted by Gasteiger charge is -2.34. The van der Waals surface area contributed by atoms with Gasteiger partial charge in [0.2, 0.25) is 0 Å². The van der Waals surface area contributed by atoms with Gasteiger partial charge in [0.1, 0.15) is 0 Å². The van der Waals surface area contributed by atoms with Crippen LogP contribution >= 0.6 is 11.6 Å². The second kappa shape index (κ2) is 6.76. The third-order valence-corrected chi connectivity index (χ3v) is 4.84. The minimum Gasteiger partial charge on any atom is -0.296 e. The van der Waals surface area contributed by atoms with Crippen molar-refractivity contribution < 1.29 is 0 Å². The van der Waals surface area contributed by atoms with Crippen LogP contribution in [0.5, 0.6) is 0 Å². The van der Waals surface area contributed by atoms with Gasteiger partial charge in [-0.1, -0.05) is 19.8 Å². The fourth-order valence-corrected chi connectivity index (χ4v) is 3.30. The van der Waals surface area contributed by atoms with E-state index in [2.05, 4.69) is 47.8 Å². The van der Waals surface area contributed by atoms with Gasteiger partial charge in [-0.25, -0.2) is 0 Å². The van der Waals surface area contributed by atoms with Gasteiger partial charge in [0.25, 0.3) is 0 Å². The molecule has 4 heteroatoms. The van der Waals surface area contributed by atoms with E-state index in [4.69, 9.17) is 11.6 Å². The van der Waals surface area contributed by atoms with Crippen LogP contribution in [-0.4, -0.2) is 33.1 Å². The summed E-state index contributed by atoms with van der Waals surface area (Å²) in [6.45, 7) is 5.30. The molecule has 0 aliphatic heterocycles. The van der Waals surface area contributed by atoms with Gasteiger partial charge in [0.05, 0.1) is 5.69 Å². The van der Waals surface area contributed by atoms with Crippen molar-refractivity contribution in [3.05, 3.63) is 18.0 Å². The maximum Gasteiger partial charge on any atom is 0.0764 e. The van der Waals surface area contributed by atoms with Gasteiger partial charge in [0.15, 0.2) is 0 Å². The molecule has 1 heterocycles. The Bertz CT molecular complexity index is 390. The average Bonchev–Trinajstić information content (AvgIpc) is 2.86. The Morgan fingerprint density at radius 2 is 2.21 bits per heavy atom. The second-order valence-electron chi connectivity index (χ2n) is 5.83. The van der Waals surface area contributed by atoms with Gasteiger partial charge in [-0.2, -0.15) is 5.10 Å². The molecule has 0 spiro atoms. The number of halogens is 1. The molecule has 0 saturated heterocycles. The molecule has 0 amide bonds. The number of hydrogen-bond acceptors (Lipinski definition) is 2. The van der Waals surface area contributed by atoms with E-state index in [0.29, 0.717) is 17.5 Å². The van der Waals surface area contributed by atoms with E-state index in [1.54, 1.807) is 0 Å². The molecule has 1 fully saturated rings. The fraction of sp³-hybridized carbons (Fsp3) is 0.800. The highest BCUT2D eigenvalue weighted by Gasteiger charge is 2.26. The molecule has 1 aliphatic carbocycles. The van der Waals surface area contributed by atoms with E-state index < -0.39 is 0 Å². The van der Waals surface area contributed by atoms with Crippen molar-refractivity contribution in [1.82, 2.24) is 14.7 Å². The minimum absolute atomic E-state index is 0.301. The zero-order chi connectivity index (χ0) is 13.8. The summed E-state index contributed by atoms with van der Waals surface area (Å²) in [7, 11) is 2.17. The van der Waals surface area contributed by atoms with E-state index in [0.717, 1.165) is 25.1 Å². The Labute approximate surface area is 121 Å². The predicted molar refractivity (Wildman–Crippen MR) is 80.6 cm³/mol. The lowest BCUT2D eigenvalue weighted by molar-refractivity contribution is 0.186. The van der Waals surface area contributed by atoms with Crippen LogP contribution in [0.1, 0.15) is 57.7 Å². The van der Waals surface area contributed by atoms with Crippen LogP contribution in [0.4, 0.5) is 0 Å². The summed E-state index contributed by atoms with van der Waals surface area (Å²) in [5, 5.41) is 4.97. The summed E-state index contributed by atoms with van der Waals surface area (Å²) in [6.07, 6.45) is 8.16. The summed E-state index contributed by atoms with van der Waals surface area (Å²) < 4.78 is 2.07. The van der Waals surface area contributed by atoms with E-state index in [1.807, 2.05) is 0 Å². The summed E-state index contributed by atoms with van der Waals surface area (Å²) in [5.41, 5.74) is 1.15. The van der Waals surface area contributed by atoms with Crippen molar-refractivity contribution in [2.24, 2.45) is 0 Å². The predicted octanol–water partition coefficient (Wildman–Crippen LogP) is 3.84. The van der Waals surface area contributed by atoms with Crippen molar-refractivity contribution in [3.63, 3.8) is 0 Å². The van der Waals surface area contributed by atoms with Crippen LogP contribution in [0.2, 0.25) is 0 Å². The maximum absolute atomic E-state index is 6.45. The van der Waals surface area contributed by atoms with Crippen LogP contribution < -0.4 is 0 Å². The summed E-state index contributed by atoms with van der Waals surface area (Å²) in [5.74, 6) is 0. The van der Waals surface area contributed by atoms with E-state index in [1.165, 1.54) is 19.3 Å². The van der Waals surface area contributed by atoms with Crippen molar-refractivity contribution in [2.45, 2.75) is 70.0 Å². The average molecular weight is 284 g/mol. The van der Waals surface area contributed by atoms with Gasteiger partial charge in [-0.3, -0.25) is 9.58 Å². The van der Waals surface area contributed by atoms with Crippen molar-refractivity contribution in [3.8, 4) is 0 Å². The molecule has 3 atom stereocenters. The second-order valence-corrected chi connectivity index (χ2v) is 6.39. The summed E-state index contributed by atoms with van der Waals surface area (Å²) >= 11 is 6.45. The molecule has 2 rings (SSSR count). The van der Waals surface area contributed by atoms with Crippen LogP contribution in [0.3, 0.4) is 0 Å². The topological polar surface area (TPSA) is 21.1 Å². The van der Waals surface area contributed by atoms with Crippen molar-refractivity contribution in [2.75, 3.05) is 7.05 Å². The zero-order valence-electron chi connectivity index (χ0n) is 12.3. The quantitative estimate of drug-likeness (QED) is 0.766. The standard InChI is InChI=1S/C15H26ClN3/c1-4-12(2)19-10-9-13(17-19)11-18(3)15-8-6-5-7-14(15)16/h9-10,12,14-15H,4-8,11H2,1-3H3. The fourth-order valence-electron chi connectivity index (χ4n) is 2.83. The molecule has 1 saturated carbocycles. The number of hydrogen-bond donors (Lipinski definition) is 0. The molecule has 1 aromatic heterocycles. The third-order valence-electron chi connectivity index (χ3n) is 4.33. The highest BCUT2D eigenvalue weighted by molar-refractivity contribution is 6.21. The first-order valence-corrected chi connectivity index (χ1v) is 7.93. The first-order valence-electron chi connectivity index (χ1n) is 7.50. The Morgan fingerprint density at radius 3 is 2.89 bits per heavy atom. The highest BCUT2D eigenvalue weighted by atomic mass is 35.5. The monoisotopic (exact) mass is 283 g/mol. The minimum atomic E-state index is 0.301. The number of aromatic nitrogens is 2. The van der Waals surface area contributed by atoms with Crippen LogP contribution in [0.25, 0.3) is 0 Å². The highest BCUT2D eigenvalue weighted by Crippen LogP contribution is 2.27. The third kappa shape index (κ3) is 3.73. The number of nitrogens with zero attached hydrogens (tertiary/aromatic N) is 3.